The molecule has 3 aliphatic heterocycles. The van der Waals surface area contributed by atoms with Crippen molar-refractivity contribution in [3.8, 4) is 0 Å². The molecule has 0 radical (unpaired) electrons. The summed E-state index contributed by atoms with van der Waals surface area (Å²) in [5.41, 5.74) is -0.159. The number of carbonyl (C=O) groups excluding carboxylic acids is 2. The van der Waals surface area contributed by atoms with Gasteiger partial charge in [-0.15, -0.1) is 0 Å². The zero-order valence-electron chi connectivity index (χ0n) is 15.1. The SMILES string of the molecule is Cc1cc(C2CCCNC2)oc(=O)c1C(=O)N1CC2(CNC(=O)N2C)C1. The van der Waals surface area contributed by atoms with E-state index in [-0.39, 0.29) is 29.0 Å². The van der Waals surface area contributed by atoms with E-state index < -0.39 is 5.63 Å². The average molecular weight is 360 g/mol. The van der Waals surface area contributed by atoms with Gasteiger partial charge in [-0.1, -0.05) is 0 Å². The van der Waals surface area contributed by atoms with Crippen molar-refractivity contribution in [1.82, 2.24) is 20.4 Å². The van der Waals surface area contributed by atoms with Crippen molar-refractivity contribution in [2.75, 3.05) is 39.8 Å². The second kappa shape index (κ2) is 6.12. The number of nitrogens with zero attached hydrogens (tertiary/aromatic N) is 2. The average Bonchev–Trinajstić information content (AvgIpc) is 2.89. The number of aryl methyl sites for hydroxylation is 1. The first-order valence-corrected chi connectivity index (χ1v) is 9.07. The quantitative estimate of drug-likeness (QED) is 0.789. The lowest BCUT2D eigenvalue weighted by Gasteiger charge is -2.50. The molecule has 3 saturated heterocycles. The smallest absolute Gasteiger partial charge is 0.349 e. The number of piperidine rings is 1. The fourth-order valence-electron chi connectivity index (χ4n) is 4.17. The van der Waals surface area contributed by atoms with E-state index in [1.807, 2.05) is 6.07 Å². The van der Waals surface area contributed by atoms with Crippen LogP contribution in [0.3, 0.4) is 0 Å². The lowest BCUT2D eigenvalue weighted by molar-refractivity contribution is 0.00736. The molecule has 1 unspecified atom stereocenters. The van der Waals surface area contributed by atoms with E-state index in [2.05, 4.69) is 10.6 Å². The van der Waals surface area contributed by atoms with Crippen molar-refractivity contribution >= 4 is 11.9 Å². The van der Waals surface area contributed by atoms with Crippen LogP contribution >= 0.6 is 0 Å². The standard InChI is InChI=1S/C18H24N4O4/c1-11-6-13(12-4-3-5-19-7-12)26-16(24)14(11)15(23)22-9-18(10-22)8-20-17(25)21(18)2/h6,12,19H,3-5,7-10H2,1-2H3,(H,20,25). The second-order valence-corrected chi connectivity index (χ2v) is 7.64. The third kappa shape index (κ3) is 2.59. The molecule has 0 saturated carbocycles. The van der Waals surface area contributed by atoms with Crippen molar-refractivity contribution < 1.29 is 14.0 Å². The Morgan fingerprint density at radius 3 is 2.69 bits per heavy atom. The molecule has 1 aromatic heterocycles. The minimum absolute atomic E-state index is 0.104. The van der Waals surface area contributed by atoms with E-state index in [1.54, 1.807) is 23.8 Å². The predicted octanol–water partition coefficient (Wildman–Crippen LogP) is 0.265. The van der Waals surface area contributed by atoms with Gasteiger partial charge in [-0.05, 0) is 37.9 Å². The molecular formula is C18H24N4O4. The van der Waals surface area contributed by atoms with Crippen molar-refractivity contribution in [3.63, 3.8) is 0 Å². The zero-order valence-corrected chi connectivity index (χ0v) is 15.1. The number of hydrogen-bond donors (Lipinski definition) is 2. The Balaban J connectivity index is 1.52. The van der Waals surface area contributed by atoms with Crippen LogP contribution in [0.25, 0.3) is 0 Å². The van der Waals surface area contributed by atoms with Crippen LogP contribution in [-0.2, 0) is 0 Å². The molecule has 1 aromatic rings. The fraction of sp³-hybridized carbons (Fsp3) is 0.611. The first-order chi connectivity index (χ1) is 12.4. The van der Waals surface area contributed by atoms with E-state index in [0.717, 1.165) is 25.9 Å². The van der Waals surface area contributed by atoms with E-state index in [9.17, 15) is 14.4 Å². The van der Waals surface area contributed by atoms with Crippen LogP contribution < -0.4 is 16.3 Å². The lowest BCUT2D eigenvalue weighted by Crippen LogP contribution is -2.70. The Morgan fingerprint density at radius 1 is 1.35 bits per heavy atom. The van der Waals surface area contributed by atoms with Gasteiger partial charge < -0.3 is 24.9 Å². The summed E-state index contributed by atoms with van der Waals surface area (Å²) in [4.78, 5) is 40.2. The summed E-state index contributed by atoms with van der Waals surface area (Å²) in [6.07, 6.45) is 2.02. The molecule has 0 bridgehead atoms. The third-order valence-electron chi connectivity index (χ3n) is 5.92. The normalized spacial score (nSPS) is 24.5. The van der Waals surface area contributed by atoms with Gasteiger partial charge in [-0.25, -0.2) is 9.59 Å². The Labute approximate surface area is 151 Å². The van der Waals surface area contributed by atoms with Crippen molar-refractivity contribution in [3.05, 3.63) is 33.4 Å². The van der Waals surface area contributed by atoms with E-state index >= 15 is 0 Å². The Bertz CT molecular complexity index is 806. The molecule has 3 aliphatic rings. The zero-order chi connectivity index (χ0) is 18.5. The van der Waals surface area contributed by atoms with Gasteiger partial charge in [0, 0.05) is 39.1 Å². The Morgan fingerprint density at radius 2 is 2.12 bits per heavy atom. The molecular weight excluding hydrogens is 336 g/mol. The van der Waals surface area contributed by atoms with Crippen LogP contribution in [0.4, 0.5) is 4.79 Å². The molecule has 140 valence electrons. The fourth-order valence-corrected chi connectivity index (χ4v) is 4.17. The molecule has 1 atom stereocenters. The predicted molar refractivity (Wildman–Crippen MR) is 94.4 cm³/mol. The molecule has 1 spiro atoms. The highest BCUT2D eigenvalue weighted by molar-refractivity contribution is 5.96. The van der Waals surface area contributed by atoms with E-state index in [4.69, 9.17) is 4.42 Å². The van der Waals surface area contributed by atoms with Gasteiger partial charge in [-0.3, -0.25) is 4.79 Å². The molecule has 8 heteroatoms. The number of hydrogen-bond acceptors (Lipinski definition) is 5. The first-order valence-electron chi connectivity index (χ1n) is 9.07. The maximum absolute atomic E-state index is 12.8. The Hall–Kier alpha value is -2.35. The number of likely N-dealkylation sites (N-methyl/N-ethyl adjacent to an activating group) is 1. The van der Waals surface area contributed by atoms with Crippen LogP contribution in [0.15, 0.2) is 15.3 Å². The van der Waals surface area contributed by atoms with Gasteiger partial charge in [0.2, 0.25) is 0 Å². The number of nitrogens with one attached hydrogen (secondary N) is 2. The highest BCUT2D eigenvalue weighted by Gasteiger charge is 2.54. The summed E-state index contributed by atoms with van der Waals surface area (Å²) < 4.78 is 5.50. The van der Waals surface area contributed by atoms with Crippen LogP contribution in [0.1, 0.15) is 40.4 Å². The van der Waals surface area contributed by atoms with Crippen LogP contribution in [0.5, 0.6) is 0 Å². The summed E-state index contributed by atoms with van der Waals surface area (Å²) in [7, 11) is 1.73. The van der Waals surface area contributed by atoms with Gasteiger partial charge in [0.15, 0.2) is 0 Å². The summed E-state index contributed by atoms with van der Waals surface area (Å²) in [6, 6.07) is 1.70. The van der Waals surface area contributed by atoms with Crippen molar-refractivity contribution in [1.29, 1.82) is 0 Å². The minimum Gasteiger partial charge on any atom is -0.427 e. The maximum Gasteiger partial charge on any atom is 0.349 e. The van der Waals surface area contributed by atoms with Crippen LogP contribution in [-0.4, -0.2) is 67.0 Å². The molecule has 4 rings (SSSR count). The van der Waals surface area contributed by atoms with Gasteiger partial charge in [0.05, 0.1) is 5.54 Å². The van der Waals surface area contributed by atoms with Gasteiger partial charge in [0.1, 0.15) is 11.3 Å². The molecule has 3 fully saturated rings. The summed E-state index contributed by atoms with van der Waals surface area (Å²) in [6.45, 7) is 4.93. The number of amides is 3. The Kier molecular flexibility index (Phi) is 4.02. The number of likely N-dealkylation sites (tertiary alicyclic amines) is 1. The third-order valence-corrected chi connectivity index (χ3v) is 5.92. The lowest BCUT2D eigenvalue weighted by atomic mass is 9.88. The summed E-state index contributed by atoms with van der Waals surface area (Å²) >= 11 is 0. The maximum atomic E-state index is 12.8. The molecule has 3 amide bonds. The molecule has 2 N–H and O–H groups in total. The summed E-state index contributed by atoms with van der Waals surface area (Å²) in [5, 5.41) is 6.10. The van der Waals surface area contributed by atoms with E-state index in [0.29, 0.717) is 31.0 Å². The second-order valence-electron chi connectivity index (χ2n) is 7.64. The van der Waals surface area contributed by atoms with Crippen LogP contribution in [0.2, 0.25) is 0 Å². The van der Waals surface area contributed by atoms with Gasteiger partial charge in [0.25, 0.3) is 5.91 Å². The van der Waals surface area contributed by atoms with Gasteiger partial charge >= 0.3 is 11.7 Å². The summed E-state index contributed by atoms with van der Waals surface area (Å²) in [5.74, 6) is 0.514. The highest BCUT2D eigenvalue weighted by atomic mass is 16.4. The topological polar surface area (TPSA) is 94.9 Å². The molecule has 4 heterocycles. The van der Waals surface area contributed by atoms with Crippen LogP contribution in [0, 0.1) is 6.92 Å². The van der Waals surface area contributed by atoms with Crippen molar-refractivity contribution in [2.45, 2.75) is 31.2 Å². The molecule has 26 heavy (non-hydrogen) atoms. The van der Waals surface area contributed by atoms with E-state index in [1.165, 1.54) is 0 Å². The molecule has 8 nitrogen and oxygen atoms in total. The van der Waals surface area contributed by atoms with Gasteiger partial charge in [-0.2, -0.15) is 0 Å². The monoisotopic (exact) mass is 360 g/mol. The first kappa shape index (κ1) is 17.1. The number of rotatable bonds is 2. The largest absolute Gasteiger partial charge is 0.427 e. The highest BCUT2D eigenvalue weighted by Crippen LogP contribution is 2.31. The number of carbonyl (C=O) groups is 2. The number of urea groups is 1. The minimum atomic E-state index is -0.564. The van der Waals surface area contributed by atoms with Crippen molar-refractivity contribution in [2.24, 2.45) is 0 Å². The molecule has 0 aromatic carbocycles. The molecule has 0 aliphatic carbocycles.